The maximum Gasteiger partial charge on any atom is 0.336 e. The average Bonchev–Trinajstić information content (AvgIpc) is 2.47. The summed E-state index contributed by atoms with van der Waals surface area (Å²) in [6, 6.07) is 9.48. The zero-order valence-corrected chi connectivity index (χ0v) is 7.86. The summed E-state index contributed by atoms with van der Waals surface area (Å²) in [5.41, 5.74) is 7.72. The van der Waals surface area contributed by atoms with Crippen LogP contribution in [0.5, 0.6) is 0 Å². The Kier molecular flexibility index (Phi) is 2.00. The third-order valence-electron chi connectivity index (χ3n) is 2.35. The van der Waals surface area contributed by atoms with Crippen LogP contribution in [0.2, 0.25) is 0 Å². The van der Waals surface area contributed by atoms with Gasteiger partial charge in [-0.25, -0.2) is 4.79 Å². The molecule has 1 heterocycles. The highest BCUT2D eigenvalue weighted by Crippen LogP contribution is 2.31. The molecule has 0 fully saturated rings. The number of carbonyl (C=O) groups excluding carboxylic acids is 1. The zero-order valence-electron chi connectivity index (χ0n) is 7.86. The minimum atomic E-state index is -0.399. The van der Waals surface area contributed by atoms with Crippen molar-refractivity contribution < 1.29 is 9.53 Å². The molecule has 0 spiro atoms. The second-order valence-electron chi connectivity index (χ2n) is 3.28. The maximum atomic E-state index is 11.2. The van der Waals surface area contributed by atoms with Crippen LogP contribution in [-0.4, -0.2) is 5.97 Å². The van der Waals surface area contributed by atoms with Crippen molar-refractivity contribution in [3.05, 3.63) is 47.2 Å². The van der Waals surface area contributed by atoms with Gasteiger partial charge in [-0.1, -0.05) is 30.3 Å². The maximum absolute atomic E-state index is 11.2. The lowest BCUT2D eigenvalue weighted by molar-refractivity contribution is -0.140. The fourth-order valence-corrected chi connectivity index (χ4v) is 1.45. The summed E-state index contributed by atoms with van der Waals surface area (Å²) in [6.45, 7) is 1.68. The minimum Gasteiger partial charge on any atom is -0.448 e. The van der Waals surface area contributed by atoms with Crippen LogP contribution < -0.4 is 5.73 Å². The fraction of sp³-hybridized carbons (Fsp3) is 0.182. The smallest absolute Gasteiger partial charge is 0.336 e. The average molecular weight is 189 g/mol. The number of benzene rings is 1. The number of cyclic esters (lactones) is 1. The number of carbonyl (C=O) groups is 1. The molecular formula is C11H11NO2. The van der Waals surface area contributed by atoms with Crippen LogP contribution in [0.15, 0.2) is 41.6 Å². The third-order valence-corrected chi connectivity index (χ3v) is 2.35. The molecule has 1 aromatic carbocycles. The number of hydrogen-bond donors (Lipinski definition) is 1. The number of hydrogen-bond acceptors (Lipinski definition) is 3. The van der Waals surface area contributed by atoms with E-state index in [2.05, 4.69) is 0 Å². The lowest BCUT2D eigenvalue weighted by atomic mass is 10.1. The molecule has 0 unspecified atom stereocenters. The Morgan fingerprint density at radius 3 is 2.43 bits per heavy atom. The molecule has 0 saturated heterocycles. The van der Waals surface area contributed by atoms with E-state index in [1.807, 2.05) is 30.3 Å². The van der Waals surface area contributed by atoms with Gasteiger partial charge < -0.3 is 10.5 Å². The molecule has 2 rings (SSSR count). The Balaban J connectivity index is 2.36. The van der Waals surface area contributed by atoms with Crippen molar-refractivity contribution in [3.63, 3.8) is 0 Å². The zero-order chi connectivity index (χ0) is 10.1. The van der Waals surface area contributed by atoms with Crippen molar-refractivity contribution in [1.29, 1.82) is 0 Å². The number of nitrogens with two attached hydrogens (primary N) is 1. The molecular weight excluding hydrogens is 178 g/mol. The molecule has 1 aliphatic rings. The summed E-state index contributed by atoms with van der Waals surface area (Å²) in [4.78, 5) is 11.2. The molecule has 14 heavy (non-hydrogen) atoms. The highest BCUT2D eigenvalue weighted by molar-refractivity contribution is 5.91. The molecule has 1 aliphatic heterocycles. The van der Waals surface area contributed by atoms with Crippen LogP contribution in [-0.2, 0) is 9.53 Å². The van der Waals surface area contributed by atoms with Gasteiger partial charge in [-0.05, 0) is 12.5 Å². The molecule has 0 amide bonds. The van der Waals surface area contributed by atoms with Crippen molar-refractivity contribution in [1.82, 2.24) is 0 Å². The topological polar surface area (TPSA) is 52.3 Å². The molecule has 0 aliphatic carbocycles. The molecule has 1 atom stereocenters. The van der Waals surface area contributed by atoms with Crippen LogP contribution in [0.3, 0.4) is 0 Å². The van der Waals surface area contributed by atoms with Crippen LogP contribution in [0.1, 0.15) is 18.6 Å². The minimum absolute atomic E-state index is 0.323. The van der Waals surface area contributed by atoms with E-state index < -0.39 is 6.10 Å². The van der Waals surface area contributed by atoms with E-state index in [-0.39, 0.29) is 5.97 Å². The lowest BCUT2D eigenvalue weighted by Gasteiger charge is -2.10. The van der Waals surface area contributed by atoms with Crippen LogP contribution >= 0.6 is 0 Å². The normalized spacial score (nSPS) is 21.2. The van der Waals surface area contributed by atoms with Crippen LogP contribution in [0.25, 0.3) is 0 Å². The lowest BCUT2D eigenvalue weighted by Crippen LogP contribution is -2.08. The highest BCUT2D eigenvalue weighted by Gasteiger charge is 2.30. The summed E-state index contributed by atoms with van der Waals surface area (Å²) in [6.07, 6.45) is -0.399. The first-order chi connectivity index (χ1) is 6.70. The Bertz CT molecular complexity index is 395. The summed E-state index contributed by atoms with van der Waals surface area (Å²) in [5.74, 6) is -0.323. The summed E-state index contributed by atoms with van der Waals surface area (Å²) in [7, 11) is 0. The molecule has 0 aromatic heterocycles. The second-order valence-corrected chi connectivity index (χ2v) is 3.28. The molecule has 3 nitrogen and oxygen atoms in total. The quantitative estimate of drug-likeness (QED) is 0.681. The SMILES string of the molecule is CC1=C(N)[C@@H](c2ccccc2)OC1=O. The van der Waals surface area contributed by atoms with E-state index >= 15 is 0 Å². The predicted octanol–water partition coefficient (Wildman–Crippen LogP) is 1.52. The Hall–Kier alpha value is -1.77. The van der Waals surface area contributed by atoms with Gasteiger partial charge in [-0.2, -0.15) is 0 Å². The van der Waals surface area contributed by atoms with Gasteiger partial charge in [-0.15, -0.1) is 0 Å². The van der Waals surface area contributed by atoms with Crippen molar-refractivity contribution in [2.75, 3.05) is 0 Å². The third kappa shape index (κ3) is 1.27. The van der Waals surface area contributed by atoms with Crippen molar-refractivity contribution >= 4 is 5.97 Å². The van der Waals surface area contributed by atoms with E-state index in [1.165, 1.54) is 0 Å². The predicted molar refractivity (Wildman–Crippen MR) is 52.2 cm³/mol. The highest BCUT2D eigenvalue weighted by atomic mass is 16.5. The number of esters is 1. The standard InChI is InChI=1S/C11H11NO2/c1-7-9(12)10(14-11(7)13)8-5-3-2-4-6-8/h2-6,10H,12H2,1H3/t10-/m1/s1. The van der Waals surface area contributed by atoms with Gasteiger partial charge in [0.2, 0.25) is 0 Å². The molecule has 2 N–H and O–H groups in total. The first-order valence-corrected chi connectivity index (χ1v) is 4.42. The van der Waals surface area contributed by atoms with Gasteiger partial charge in [0.1, 0.15) is 0 Å². The van der Waals surface area contributed by atoms with Crippen molar-refractivity contribution in [3.8, 4) is 0 Å². The van der Waals surface area contributed by atoms with Gasteiger partial charge in [0.15, 0.2) is 6.10 Å². The van der Waals surface area contributed by atoms with Crippen LogP contribution in [0.4, 0.5) is 0 Å². The van der Waals surface area contributed by atoms with Gasteiger partial charge in [-0.3, -0.25) is 0 Å². The molecule has 0 bridgehead atoms. The second kappa shape index (κ2) is 3.18. The number of ether oxygens (including phenoxy) is 1. The van der Waals surface area contributed by atoms with E-state index in [9.17, 15) is 4.79 Å². The fourth-order valence-electron chi connectivity index (χ4n) is 1.45. The van der Waals surface area contributed by atoms with E-state index in [1.54, 1.807) is 6.92 Å². The van der Waals surface area contributed by atoms with Crippen LogP contribution in [0, 0.1) is 0 Å². The summed E-state index contributed by atoms with van der Waals surface area (Å²) < 4.78 is 5.13. The van der Waals surface area contributed by atoms with Gasteiger partial charge in [0, 0.05) is 0 Å². The van der Waals surface area contributed by atoms with E-state index in [4.69, 9.17) is 10.5 Å². The monoisotopic (exact) mass is 189 g/mol. The molecule has 1 aromatic rings. The van der Waals surface area contributed by atoms with E-state index in [0.717, 1.165) is 5.56 Å². The van der Waals surface area contributed by atoms with Crippen molar-refractivity contribution in [2.24, 2.45) is 5.73 Å². The van der Waals surface area contributed by atoms with Crippen molar-refractivity contribution in [2.45, 2.75) is 13.0 Å². The van der Waals surface area contributed by atoms with Gasteiger partial charge in [0.25, 0.3) is 0 Å². The summed E-state index contributed by atoms with van der Waals surface area (Å²) in [5, 5.41) is 0. The van der Waals surface area contributed by atoms with Gasteiger partial charge >= 0.3 is 5.97 Å². The Labute approximate surface area is 82.2 Å². The Morgan fingerprint density at radius 1 is 1.29 bits per heavy atom. The largest absolute Gasteiger partial charge is 0.448 e. The number of rotatable bonds is 1. The van der Waals surface area contributed by atoms with Gasteiger partial charge in [0.05, 0.1) is 11.3 Å². The first-order valence-electron chi connectivity index (χ1n) is 4.42. The molecule has 3 heteroatoms. The molecule has 72 valence electrons. The Morgan fingerprint density at radius 2 is 1.93 bits per heavy atom. The first kappa shape index (κ1) is 8.81. The van der Waals surface area contributed by atoms with E-state index in [0.29, 0.717) is 11.3 Å². The molecule has 0 radical (unpaired) electrons. The molecule has 0 saturated carbocycles. The summed E-state index contributed by atoms with van der Waals surface area (Å²) >= 11 is 0.